The average Bonchev–Trinajstić information content (AvgIpc) is 2.52. The highest BCUT2D eigenvalue weighted by Crippen LogP contribution is 2.37. The van der Waals surface area contributed by atoms with Crippen molar-refractivity contribution in [1.82, 2.24) is 4.90 Å². The molecule has 2 rings (SSSR count). The number of aliphatic imine (C=N–C) groups is 2. The monoisotopic (exact) mass is 376 g/mol. The Labute approximate surface area is 159 Å². The zero-order chi connectivity index (χ0) is 18.6. The second-order valence-corrected chi connectivity index (χ2v) is 6.97. The molecule has 0 heterocycles. The Hall–Kier alpha value is -2.04. The Kier molecular flexibility index (Phi) is 6.45. The number of benzene rings is 2. The number of rotatable bonds is 5. The van der Waals surface area contributed by atoms with Gasteiger partial charge in [0.2, 0.25) is 0 Å². The van der Waals surface area contributed by atoms with Crippen LogP contribution in [0.5, 0.6) is 0 Å². The maximum Gasteiger partial charge on any atom is 0.102 e. The third-order valence-electron chi connectivity index (χ3n) is 3.54. The molecule has 2 aromatic carbocycles. The molecule has 0 fully saturated rings. The summed E-state index contributed by atoms with van der Waals surface area (Å²) in [4.78, 5) is 12.7. The molecule has 0 spiro atoms. The van der Waals surface area contributed by atoms with Gasteiger partial charge in [0, 0.05) is 40.1 Å². The molecule has 0 atom stereocenters. The quantitative estimate of drug-likeness (QED) is 0.520. The van der Waals surface area contributed by atoms with Crippen molar-refractivity contribution in [3.8, 4) is 0 Å². The van der Waals surface area contributed by atoms with Gasteiger partial charge in [-0.25, -0.2) is 4.99 Å². The van der Waals surface area contributed by atoms with E-state index in [9.17, 15) is 0 Å². The summed E-state index contributed by atoms with van der Waals surface area (Å²) in [5, 5.41) is 0.940. The van der Waals surface area contributed by atoms with E-state index in [1.807, 2.05) is 45.4 Å². The normalized spacial score (nSPS) is 11.5. The molecule has 0 N–H and O–H groups in total. The van der Waals surface area contributed by atoms with Gasteiger partial charge < -0.3 is 9.80 Å². The topological polar surface area (TPSA) is 31.2 Å². The summed E-state index contributed by atoms with van der Waals surface area (Å²) in [6.45, 7) is 2.06. The van der Waals surface area contributed by atoms with E-state index in [1.165, 1.54) is 0 Å². The van der Waals surface area contributed by atoms with Crippen molar-refractivity contribution in [2.24, 2.45) is 9.98 Å². The summed E-state index contributed by atoms with van der Waals surface area (Å²) in [6.07, 6.45) is 3.48. The standard InChI is InChI=1S/C19H22Cl2N4/c1-13-8-16(25(4)5)7-6-14(13)11-22-15-9-17(20)19(18(21)10-15)23-12-24(2)3/h6-12H,1-5H3. The highest BCUT2D eigenvalue weighted by molar-refractivity contribution is 6.39. The largest absolute Gasteiger partial charge is 0.378 e. The molecule has 0 saturated carbocycles. The minimum absolute atomic E-state index is 0.470. The van der Waals surface area contributed by atoms with Crippen molar-refractivity contribution >= 4 is 52.8 Å². The van der Waals surface area contributed by atoms with E-state index >= 15 is 0 Å². The fourth-order valence-corrected chi connectivity index (χ4v) is 2.72. The number of nitrogens with zero attached hydrogens (tertiary/aromatic N) is 4. The Morgan fingerprint density at radius 3 is 2.08 bits per heavy atom. The molecule has 0 aliphatic rings. The molecule has 0 bridgehead atoms. The second kappa shape index (κ2) is 8.37. The van der Waals surface area contributed by atoms with Crippen molar-refractivity contribution in [3.05, 3.63) is 51.5 Å². The van der Waals surface area contributed by atoms with Crippen LogP contribution in [0.25, 0.3) is 0 Å². The van der Waals surface area contributed by atoms with E-state index in [4.69, 9.17) is 23.2 Å². The number of hydrogen-bond acceptors (Lipinski definition) is 3. The summed E-state index contributed by atoms with van der Waals surface area (Å²) in [5.41, 5.74) is 4.59. The van der Waals surface area contributed by atoms with Crippen LogP contribution < -0.4 is 4.90 Å². The predicted octanol–water partition coefficient (Wildman–Crippen LogP) is 5.34. The fraction of sp³-hybridized carbons (Fsp3) is 0.263. The molecule has 0 unspecified atom stereocenters. The van der Waals surface area contributed by atoms with E-state index in [1.54, 1.807) is 18.5 Å². The van der Waals surface area contributed by atoms with Crippen LogP contribution in [0.2, 0.25) is 10.0 Å². The summed E-state index contributed by atoms with van der Waals surface area (Å²) >= 11 is 12.6. The summed E-state index contributed by atoms with van der Waals surface area (Å²) in [5.74, 6) is 0. The predicted molar refractivity (Wildman–Crippen MR) is 111 cm³/mol. The molecule has 0 aromatic heterocycles. The van der Waals surface area contributed by atoms with Crippen LogP contribution in [-0.4, -0.2) is 45.6 Å². The lowest BCUT2D eigenvalue weighted by Crippen LogP contribution is -2.08. The van der Waals surface area contributed by atoms with E-state index in [0.717, 1.165) is 16.8 Å². The van der Waals surface area contributed by atoms with Crippen molar-refractivity contribution < 1.29 is 0 Å². The van der Waals surface area contributed by atoms with Gasteiger partial charge in [0.15, 0.2) is 0 Å². The highest BCUT2D eigenvalue weighted by atomic mass is 35.5. The van der Waals surface area contributed by atoms with Crippen LogP contribution in [0.15, 0.2) is 40.3 Å². The fourth-order valence-electron chi connectivity index (χ4n) is 2.15. The molecule has 132 valence electrons. The van der Waals surface area contributed by atoms with Gasteiger partial charge in [-0.3, -0.25) is 4.99 Å². The van der Waals surface area contributed by atoms with E-state index in [2.05, 4.69) is 33.9 Å². The highest BCUT2D eigenvalue weighted by Gasteiger charge is 2.07. The van der Waals surface area contributed by atoms with Crippen molar-refractivity contribution in [2.45, 2.75) is 6.92 Å². The minimum atomic E-state index is 0.470. The Bertz CT molecular complexity index is 788. The van der Waals surface area contributed by atoms with Gasteiger partial charge in [0.1, 0.15) is 5.69 Å². The lowest BCUT2D eigenvalue weighted by atomic mass is 10.1. The number of anilines is 1. The van der Waals surface area contributed by atoms with Crippen LogP contribution >= 0.6 is 23.2 Å². The van der Waals surface area contributed by atoms with Gasteiger partial charge in [0.05, 0.1) is 22.1 Å². The first-order valence-electron chi connectivity index (χ1n) is 7.79. The van der Waals surface area contributed by atoms with Gasteiger partial charge in [-0.2, -0.15) is 0 Å². The molecule has 0 amide bonds. The summed E-state index contributed by atoms with van der Waals surface area (Å²) < 4.78 is 0. The molecule has 4 nitrogen and oxygen atoms in total. The van der Waals surface area contributed by atoms with Crippen LogP contribution in [0.4, 0.5) is 17.1 Å². The van der Waals surface area contributed by atoms with Gasteiger partial charge in [-0.15, -0.1) is 0 Å². The molecule has 0 aliphatic carbocycles. The molecule has 2 aromatic rings. The summed E-state index contributed by atoms with van der Waals surface area (Å²) in [7, 11) is 7.81. The number of aryl methyl sites for hydroxylation is 1. The first-order chi connectivity index (χ1) is 11.8. The first-order valence-corrected chi connectivity index (χ1v) is 8.55. The lowest BCUT2D eigenvalue weighted by Gasteiger charge is -2.13. The van der Waals surface area contributed by atoms with Crippen molar-refractivity contribution in [1.29, 1.82) is 0 Å². The van der Waals surface area contributed by atoms with Gasteiger partial charge >= 0.3 is 0 Å². The van der Waals surface area contributed by atoms with E-state index in [0.29, 0.717) is 21.4 Å². The van der Waals surface area contributed by atoms with E-state index < -0.39 is 0 Å². The van der Waals surface area contributed by atoms with Crippen LogP contribution in [0, 0.1) is 6.92 Å². The second-order valence-electron chi connectivity index (χ2n) is 6.16. The molecular formula is C19H22Cl2N4. The number of hydrogen-bond donors (Lipinski definition) is 0. The van der Waals surface area contributed by atoms with Gasteiger partial charge in [-0.1, -0.05) is 29.3 Å². The van der Waals surface area contributed by atoms with Crippen LogP contribution in [0.3, 0.4) is 0 Å². The number of halogens is 2. The maximum absolute atomic E-state index is 6.29. The molecule has 0 aliphatic heterocycles. The third kappa shape index (κ3) is 5.21. The van der Waals surface area contributed by atoms with Crippen molar-refractivity contribution in [2.75, 3.05) is 33.1 Å². The minimum Gasteiger partial charge on any atom is -0.378 e. The average molecular weight is 377 g/mol. The lowest BCUT2D eigenvalue weighted by molar-refractivity contribution is 0.643. The van der Waals surface area contributed by atoms with E-state index in [-0.39, 0.29) is 0 Å². The van der Waals surface area contributed by atoms with Crippen molar-refractivity contribution in [3.63, 3.8) is 0 Å². The SMILES string of the molecule is Cc1cc(N(C)C)ccc1C=Nc1cc(Cl)c(N=CN(C)C)c(Cl)c1. The smallest absolute Gasteiger partial charge is 0.102 e. The Morgan fingerprint density at radius 2 is 1.56 bits per heavy atom. The Morgan fingerprint density at radius 1 is 0.920 bits per heavy atom. The third-order valence-corrected chi connectivity index (χ3v) is 4.12. The zero-order valence-electron chi connectivity index (χ0n) is 15.1. The molecular weight excluding hydrogens is 355 g/mol. The molecule has 0 saturated heterocycles. The van der Waals surface area contributed by atoms with Crippen LogP contribution in [-0.2, 0) is 0 Å². The first kappa shape index (κ1) is 19.3. The maximum atomic E-state index is 6.29. The molecule has 6 heteroatoms. The van der Waals surface area contributed by atoms with Crippen LogP contribution in [0.1, 0.15) is 11.1 Å². The van der Waals surface area contributed by atoms with Gasteiger partial charge in [-0.05, 0) is 42.3 Å². The zero-order valence-corrected chi connectivity index (χ0v) is 16.6. The summed E-state index contributed by atoms with van der Waals surface area (Å²) in [6, 6.07) is 9.76. The Balaban J connectivity index is 2.27. The molecule has 25 heavy (non-hydrogen) atoms. The molecule has 0 radical (unpaired) electrons. The van der Waals surface area contributed by atoms with Gasteiger partial charge in [0.25, 0.3) is 0 Å².